The van der Waals surface area contributed by atoms with Crippen LogP contribution in [0.15, 0.2) is 42.5 Å². The lowest BCUT2D eigenvalue weighted by Gasteiger charge is -2.18. The molecule has 0 heterocycles. The zero-order valence-corrected chi connectivity index (χ0v) is 15.1. The molecule has 2 N–H and O–H groups in total. The maximum absolute atomic E-state index is 12.1. The van der Waals surface area contributed by atoms with Crippen molar-refractivity contribution in [3.63, 3.8) is 0 Å². The predicted molar refractivity (Wildman–Crippen MR) is 98.5 cm³/mol. The predicted octanol–water partition coefficient (Wildman–Crippen LogP) is 3.05. The molecule has 2 rings (SSSR count). The Balaban J connectivity index is 1.98. The van der Waals surface area contributed by atoms with Crippen LogP contribution in [-0.2, 0) is 14.3 Å². The van der Waals surface area contributed by atoms with Crippen LogP contribution in [-0.4, -0.2) is 25.5 Å². The van der Waals surface area contributed by atoms with E-state index in [1.54, 1.807) is 7.11 Å². The SMILES string of the molecule is COC(CNC(=O)C(=O)Nc1cc(C)ccc1C)c1ccccc1C. The van der Waals surface area contributed by atoms with E-state index in [1.165, 1.54) is 0 Å². The summed E-state index contributed by atoms with van der Waals surface area (Å²) in [5.74, 6) is -1.37. The third-order valence-electron chi connectivity index (χ3n) is 4.12. The fourth-order valence-corrected chi connectivity index (χ4v) is 2.58. The molecule has 2 aromatic rings. The smallest absolute Gasteiger partial charge is 0.313 e. The zero-order chi connectivity index (χ0) is 18.4. The molecule has 0 saturated heterocycles. The molecule has 1 unspecified atom stereocenters. The van der Waals surface area contributed by atoms with Gasteiger partial charge in [-0.15, -0.1) is 0 Å². The lowest BCUT2D eigenvalue weighted by molar-refractivity contribution is -0.136. The van der Waals surface area contributed by atoms with Crippen molar-refractivity contribution in [3.8, 4) is 0 Å². The van der Waals surface area contributed by atoms with Gasteiger partial charge in [0, 0.05) is 19.3 Å². The van der Waals surface area contributed by atoms with Gasteiger partial charge in [-0.3, -0.25) is 9.59 Å². The third kappa shape index (κ3) is 4.90. The highest BCUT2D eigenvalue weighted by atomic mass is 16.5. The first kappa shape index (κ1) is 18.7. The highest BCUT2D eigenvalue weighted by Gasteiger charge is 2.18. The third-order valence-corrected chi connectivity index (χ3v) is 4.12. The Labute approximate surface area is 148 Å². The molecule has 0 aliphatic carbocycles. The second-order valence-corrected chi connectivity index (χ2v) is 6.06. The average molecular weight is 340 g/mol. The van der Waals surface area contributed by atoms with E-state index >= 15 is 0 Å². The highest BCUT2D eigenvalue weighted by molar-refractivity contribution is 6.39. The summed E-state index contributed by atoms with van der Waals surface area (Å²) < 4.78 is 5.45. The van der Waals surface area contributed by atoms with Crippen LogP contribution in [0.4, 0.5) is 5.69 Å². The number of carbonyl (C=O) groups excluding carboxylic acids is 2. The second kappa shape index (κ2) is 8.44. The van der Waals surface area contributed by atoms with Crippen molar-refractivity contribution in [2.24, 2.45) is 0 Å². The minimum absolute atomic E-state index is 0.223. The number of hydrogen-bond donors (Lipinski definition) is 2. The van der Waals surface area contributed by atoms with Crippen molar-refractivity contribution in [2.45, 2.75) is 26.9 Å². The first-order chi connectivity index (χ1) is 11.9. The number of benzene rings is 2. The number of methoxy groups -OCH3 is 1. The summed E-state index contributed by atoms with van der Waals surface area (Å²) in [6, 6.07) is 13.5. The quantitative estimate of drug-likeness (QED) is 0.822. The van der Waals surface area contributed by atoms with Crippen LogP contribution in [0.3, 0.4) is 0 Å². The summed E-state index contributed by atoms with van der Waals surface area (Å²) >= 11 is 0. The zero-order valence-electron chi connectivity index (χ0n) is 15.1. The molecule has 0 radical (unpaired) electrons. The molecule has 0 aromatic heterocycles. The summed E-state index contributed by atoms with van der Waals surface area (Å²) in [6.45, 7) is 6.02. The van der Waals surface area contributed by atoms with Crippen LogP contribution in [0, 0.1) is 20.8 Å². The molecule has 0 spiro atoms. The van der Waals surface area contributed by atoms with Gasteiger partial charge in [0.05, 0.1) is 6.10 Å². The van der Waals surface area contributed by atoms with Crippen molar-refractivity contribution >= 4 is 17.5 Å². The van der Waals surface area contributed by atoms with Gasteiger partial charge in [-0.25, -0.2) is 0 Å². The molecule has 0 aliphatic rings. The van der Waals surface area contributed by atoms with Crippen molar-refractivity contribution in [1.29, 1.82) is 0 Å². The maximum Gasteiger partial charge on any atom is 0.313 e. The van der Waals surface area contributed by atoms with Crippen LogP contribution in [0.1, 0.15) is 28.4 Å². The number of nitrogens with one attached hydrogen (secondary N) is 2. The molecule has 0 saturated carbocycles. The number of hydrogen-bond acceptors (Lipinski definition) is 3. The van der Waals surface area contributed by atoms with Crippen LogP contribution >= 0.6 is 0 Å². The Bertz CT molecular complexity index is 771. The van der Waals surface area contributed by atoms with Gasteiger partial charge in [-0.1, -0.05) is 36.4 Å². The monoisotopic (exact) mass is 340 g/mol. The van der Waals surface area contributed by atoms with E-state index in [0.717, 1.165) is 22.3 Å². The Hall–Kier alpha value is -2.66. The topological polar surface area (TPSA) is 67.4 Å². The number of ether oxygens (including phenoxy) is 1. The molecule has 0 bridgehead atoms. The van der Waals surface area contributed by atoms with E-state index in [0.29, 0.717) is 5.69 Å². The molecular weight excluding hydrogens is 316 g/mol. The molecule has 0 fully saturated rings. The molecular formula is C20H24N2O3. The Kier molecular flexibility index (Phi) is 6.31. The number of rotatable bonds is 5. The van der Waals surface area contributed by atoms with Crippen LogP contribution < -0.4 is 10.6 Å². The Morgan fingerprint density at radius 3 is 2.40 bits per heavy atom. The van der Waals surface area contributed by atoms with Gasteiger partial charge >= 0.3 is 11.8 Å². The summed E-state index contributed by atoms with van der Waals surface area (Å²) in [6.07, 6.45) is -0.307. The molecule has 25 heavy (non-hydrogen) atoms. The van der Waals surface area contributed by atoms with E-state index in [-0.39, 0.29) is 12.6 Å². The summed E-state index contributed by atoms with van der Waals surface area (Å²) in [5.41, 5.74) is 4.62. The van der Waals surface area contributed by atoms with E-state index < -0.39 is 11.8 Å². The van der Waals surface area contributed by atoms with Crippen molar-refractivity contribution < 1.29 is 14.3 Å². The number of carbonyl (C=O) groups is 2. The lowest BCUT2D eigenvalue weighted by atomic mass is 10.0. The van der Waals surface area contributed by atoms with Gasteiger partial charge in [0.2, 0.25) is 0 Å². The minimum atomic E-state index is -0.687. The van der Waals surface area contributed by atoms with Crippen molar-refractivity contribution in [1.82, 2.24) is 5.32 Å². The fourth-order valence-electron chi connectivity index (χ4n) is 2.58. The van der Waals surface area contributed by atoms with Crippen LogP contribution in [0.25, 0.3) is 0 Å². The number of aryl methyl sites for hydroxylation is 3. The van der Waals surface area contributed by atoms with Gasteiger partial charge in [0.25, 0.3) is 0 Å². The van der Waals surface area contributed by atoms with Crippen LogP contribution in [0.2, 0.25) is 0 Å². The van der Waals surface area contributed by atoms with Gasteiger partial charge in [0.15, 0.2) is 0 Å². The first-order valence-electron chi connectivity index (χ1n) is 8.17. The van der Waals surface area contributed by atoms with Crippen molar-refractivity contribution in [2.75, 3.05) is 19.0 Å². The molecule has 132 valence electrons. The van der Waals surface area contributed by atoms with Gasteiger partial charge in [-0.05, 0) is 49.1 Å². The molecule has 5 heteroatoms. The molecule has 5 nitrogen and oxygen atoms in total. The Morgan fingerprint density at radius 2 is 1.72 bits per heavy atom. The molecule has 2 amide bonds. The number of anilines is 1. The minimum Gasteiger partial charge on any atom is -0.375 e. The first-order valence-corrected chi connectivity index (χ1v) is 8.17. The highest BCUT2D eigenvalue weighted by Crippen LogP contribution is 2.20. The van der Waals surface area contributed by atoms with E-state index in [9.17, 15) is 9.59 Å². The lowest BCUT2D eigenvalue weighted by Crippen LogP contribution is -2.38. The van der Waals surface area contributed by atoms with Gasteiger partial charge < -0.3 is 15.4 Å². The normalized spacial score (nSPS) is 11.7. The maximum atomic E-state index is 12.1. The van der Waals surface area contributed by atoms with E-state index in [4.69, 9.17) is 4.74 Å². The van der Waals surface area contributed by atoms with Gasteiger partial charge in [-0.2, -0.15) is 0 Å². The molecule has 1 atom stereocenters. The molecule has 2 aromatic carbocycles. The van der Waals surface area contributed by atoms with E-state index in [2.05, 4.69) is 10.6 Å². The number of amides is 2. The Morgan fingerprint density at radius 1 is 1.00 bits per heavy atom. The largest absolute Gasteiger partial charge is 0.375 e. The summed E-state index contributed by atoms with van der Waals surface area (Å²) in [7, 11) is 1.58. The standard InChI is InChI=1S/C20H24N2O3/c1-13-9-10-15(3)17(11-13)22-20(24)19(23)21-12-18(25-4)16-8-6-5-7-14(16)2/h5-11,18H,12H2,1-4H3,(H,21,23)(H,22,24). The summed E-state index contributed by atoms with van der Waals surface area (Å²) in [4.78, 5) is 24.2. The summed E-state index contributed by atoms with van der Waals surface area (Å²) in [5, 5.41) is 5.29. The van der Waals surface area contributed by atoms with E-state index in [1.807, 2.05) is 63.2 Å². The fraction of sp³-hybridized carbons (Fsp3) is 0.300. The molecule has 0 aliphatic heterocycles. The van der Waals surface area contributed by atoms with Crippen LogP contribution in [0.5, 0.6) is 0 Å². The average Bonchev–Trinajstić information content (AvgIpc) is 2.59. The van der Waals surface area contributed by atoms with Gasteiger partial charge in [0.1, 0.15) is 0 Å². The van der Waals surface area contributed by atoms with Crippen molar-refractivity contribution in [3.05, 3.63) is 64.7 Å². The second-order valence-electron chi connectivity index (χ2n) is 6.06.